The number of imidazole rings is 1. The maximum Gasteiger partial charge on any atom is 0.258 e. The molecule has 36 heavy (non-hydrogen) atoms. The van der Waals surface area contributed by atoms with Crippen molar-refractivity contribution >= 4 is 23.2 Å². The molecule has 7 nitrogen and oxygen atoms in total. The van der Waals surface area contributed by atoms with E-state index >= 15 is 0 Å². The molecule has 1 aliphatic heterocycles. The van der Waals surface area contributed by atoms with E-state index in [9.17, 15) is 14.0 Å². The Bertz CT molecular complexity index is 1400. The Kier molecular flexibility index (Phi) is 6.49. The SMILES string of the molecule is Cn1ccnc1COc1ccc(C(=O)N2CCCc3c(NC(=O)c4ccc(F)cc4)cccc32)cc1. The van der Waals surface area contributed by atoms with E-state index in [0.29, 0.717) is 35.7 Å². The smallest absolute Gasteiger partial charge is 0.258 e. The molecular weight excluding hydrogens is 459 g/mol. The number of aromatic nitrogens is 2. The number of ether oxygens (including phenoxy) is 1. The highest BCUT2D eigenvalue weighted by Gasteiger charge is 2.26. The van der Waals surface area contributed by atoms with Gasteiger partial charge in [0, 0.05) is 48.5 Å². The average Bonchev–Trinajstić information content (AvgIpc) is 3.32. The number of rotatable bonds is 6. The number of fused-ring (bicyclic) bond motifs is 1. The van der Waals surface area contributed by atoms with E-state index in [0.717, 1.165) is 29.9 Å². The Morgan fingerprint density at radius 2 is 1.78 bits per heavy atom. The van der Waals surface area contributed by atoms with Gasteiger partial charge in [-0.05, 0) is 79.1 Å². The minimum absolute atomic E-state index is 0.117. The highest BCUT2D eigenvalue weighted by atomic mass is 19.1. The first kappa shape index (κ1) is 23.3. The number of anilines is 2. The lowest BCUT2D eigenvalue weighted by molar-refractivity contribution is 0.0984. The summed E-state index contributed by atoms with van der Waals surface area (Å²) >= 11 is 0. The van der Waals surface area contributed by atoms with Crippen molar-refractivity contribution in [1.29, 1.82) is 0 Å². The number of carbonyl (C=O) groups is 2. The van der Waals surface area contributed by atoms with Crippen molar-refractivity contribution in [1.82, 2.24) is 9.55 Å². The number of amides is 2. The summed E-state index contributed by atoms with van der Waals surface area (Å²) in [5, 5.41) is 2.92. The van der Waals surface area contributed by atoms with Gasteiger partial charge in [0.2, 0.25) is 0 Å². The molecule has 1 aromatic heterocycles. The summed E-state index contributed by atoms with van der Waals surface area (Å²) < 4.78 is 20.9. The largest absolute Gasteiger partial charge is 0.486 e. The standard InChI is InChI=1S/C28H25FN4O3/c1-32-17-15-30-26(32)18-36-22-13-9-20(10-14-22)28(35)33-16-3-4-23-24(5-2-6-25(23)33)31-27(34)19-7-11-21(29)12-8-19/h2,5-15,17H,3-4,16,18H2,1H3,(H,31,34). The van der Waals surface area contributed by atoms with E-state index in [2.05, 4.69) is 10.3 Å². The molecule has 8 heteroatoms. The minimum Gasteiger partial charge on any atom is -0.486 e. The summed E-state index contributed by atoms with van der Waals surface area (Å²) in [4.78, 5) is 32.1. The fraction of sp³-hybridized carbons (Fsp3) is 0.179. The lowest BCUT2D eigenvalue weighted by atomic mass is 9.98. The fourth-order valence-electron chi connectivity index (χ4n) is 4.28. The van der Waals surface area contributed by atoms with Crippen molar-refractivity contribution in [2.75, 3.05) is 16.8 Å². The van der Waals surface area contributed by atoms with Gasteiger partial charge in [0.1, 0.15) is 24.0 Å². The molecule has 0 radical (unpaired) electrons. The predicted molar refractivity (Wildman–Crippen MR) is 135 cm³/mol. The van der Waals surface area contributed by atoms with E-state index in [1.807, 2.05) is 36.0 Å². The molecule has 0 spiro atoms. The lowest BCUT2D eigenvalue weighted by Crippen LogP contribution is -2.35. The normalized spacial score (nSPS) is 12.7. The van der Waals surface area contributed by atoms with Crippen molar-refractivity contribution in [2.45, 2.75) is 19.4 Å². The molecule has 5 rings (SSSR count). The molecule has 0 fully saturated rings. The van der Waals surface area contributed by atoms with E-state index in [1.165, 1.54) is 24.3 Å². The number of carbonyl (C=O) groups excluding carboxylic acids is 2. The summed E-state index contributed by atoms with van der Waals surface area (Å²) in [5.74, 6) is 0.619. The van der Waals surface area contributed by atoms with Crippen LogP contribution in [0, 0.1) is 5.82 Å². The van der Waals surface area contributed by atoms with Crippen molar-refractivity contribution < 1.29 is 18.7 Å². The van der Waals surface area contributed by atoms with Gasteiger partial charge in [0.15, 0.2) is 0 Å². The summed E-state index contributed by atoms with van der Waals surface area (Å²) in [7, 11) is 1.91. The summed E-state index contributed by atoms with van der Waals surface area (Å²) in [6, 6.07) is 18.0. The van der Waals surface area contributed by atoms with Crippen LogP contribution in [0.15, 0.2) is 79.1 Å². The lowest BCUT2D eigenvalue weighted by Gasteiger charge is -2.31. The summed E-state index contributed by atoms with van der Waals surface area (Å²) in [6.07, 6.45) is 5.08. The zero-order chi connectivity index (χ0) is 25.1. The number of aryl methyl sites for hydroxylation is 1. The molecule has 182 valence electrons. The molecular formula is C28H25FN4O3. The van der Waals surface area contributed by atoms with Gasteiger partial charge in [0.05, 0.1) is 0 Å². The van der Waals surface area contributed by atoms with Gasteiger partial charge in [-0.1, -0.05) is 6.07 Å². The fourth-order valence-corrected chi connectivity index (χ4v) is 4.28. The third-order valence-electron chi connectivity index (χ3n) is 6.24. The zero-order valence-corrected chi connectivity index (χ0v) is 19.8. The van der Waals surface area contributed by atoms with Gasteiger partial charge in [-0.15, -0.1) is 0 Å². The first-order valence-electron chi connectivity index (χ1n) is 11.7. The van der Waals surface area contributed by atoms with Gasteiger partial charge >= 0.3 is 0 Å². The first-order chi connectivity index (χ1) is 17.5. The molecule has 3 aromatic carbocycles. The van der Waals surface area contributed by atoms with Gasteiger partial charge in [-0.25, -0.2) is 9.37 Å². The molecule has 0 saturated carbocycles. The molecule has 2 heterocycles. The Hall–Kier alpha value is -4.46. The second-order valence-corrected chi connectivity index (χ2v) is 8.59. The third kappa shape index (κ3) is 4.84. The van der Waals surface area contributed by atoms with Crippen molar-refractivity contribution in [3.8, 4) is 5.75 Å². The summed E-state index contributed by atoms with van der Waals surface area (Å²) in [5.41, 5.74) is 3.24. The van der Waals surface area contributed by atoms with E-state index in [1.54, 1.807) is 35.4 Å². The van der Waals surface area contributed by atoms with Crippen LogP contribution < -0.4 is 15.0 Å². The third-order valence-corrected chi connectivity index (χ3v) is 6.24. The maximum atomic E-state index is 13.4. The Balaban J connectivity index is 1.31. The van der Waals surface area contributed by atoms with E-state index < -0.39 is 5.82 Å². The minimum atomic E-state index is -0.398. The first-order valence-corrected chi connectivity index (χ1v) is 11.7. The summed E-state index contributed by atoms with van der Waals surface area (Å²) in [6.45, 7) is 0.918. The second-order valence-electron chi connectivity index (χ2n) is 8.59. The Labute approximate surface area is 208 Å². The molecule has 4 aromatic rings. The van der Waals surface area contributed by atoms with Crippen molar-refractivity contribution in [3.63, 3.8) is 0 Å². The van der Waals surface area contributed by atoms with Gasteiger partial charge in [-0.3, -0.25) is 9.59 Å². The Morgan fingerprint density at radius 3 is 2.50 bits per heavy atom. The molecule has 0 saturated heterocycles. The molecule has 0 bridgehead atoms. The molecule has 1 aliphatic rings. The highest BCUT2D eigenvalue weighted by molar-refractivity contribution is 6.08. The van der Waals surface area contributed by atoms with Crippen molar-refractivity contribution in [2.24, 2.45) is 7.05 Å². The average molecular weight is 485 g/mol. The topological polar surface area (TPSA) is 76.5 Å². The number of hydrogen-bond acceptors (Lipinski definition) is 4. The van der Waals surface area contributed by atoms with Gasteiger partial charge in [0.25, 0.3) is 11.8 Å². The van der Waals surface area contributed by atoms with Crippen LogP contribution in [0.3, 0.4) is 0 Å². The number of halogens is 1. The monoisotopic (exact) mass is 484 g/mol. The number of nitrogens with one attached hydrogen (secondary N) is 1. The molecule has 0 atom stereocenters. The zero-order valence-electron chi connectivity index (χ0n) is 19.8. The van der Waals surface area contributed by atoms with E-state index in [-0.39, 0.29) is 11.8 Å². The second kappa shape index (κ2) is 10.0. The highest BCUT2D eigenvalue weighted by Crippen LogP contribution is 2.34. The van der Waals surface area contributed by atoms with Crippen LogP contribution in [0.1, 0.15) is 38.5 Å². The van der Waals surface area contributed by atoms with Crippen LogP contribution in [0.2, 0.25) is 0 Å². The maximum absolute atomic E-state index is 13.4. The van der Waals surface area contributed by atoms with Gasteiger partial charge in [-0.2, -0.15) is 0 Å². The van der Waals surface area contributed by atoms with Crippen LogP contribution in [-0.4, -0.2) is 27.9 Å². The predicted octanol–water partition coefficient (Wildman–Crippen LogP) is 4.98. The number of nitrogens with zero attached hydrogens (tertiary/aromatic N) is 3. The van der Waals surface area contributed by atoms with Crippen molar-refractivity contribution in [3.05, 3.63) is 107 Å². The van der Waals surface area contributed by atoms with Crippen LogP contribution in [0.25, 0.3) is 0 Å². The molecule has 0 unspecified atom stereocenters. The number of hydrogen-bond donors (Lipinski definition) is 1. The molecule has 0 aliphatic carbocycles. The quantitative estimate of drug-likeness (QED) is 0.419. The Morgan fingerprint density at radius 1 is 1.03 bits per heavy atom. The van der Waals surface area contributed by atoms with Crippen LogP contribution in [0.5, 0.6) is 5.75 Å². The number of benzene rings is 3. The molecule has 1 N–H and O–H groups in total. The molecule has 2 amide bonds. The van der Waals surface area contributed by atoms with Crippen LogP contribution >= 0.6 is 0 Å². The van der Waals surface area contributed by atoms with Crippen LogP contribution in [0.4, 0.5) is 15.8 Å². The van der Waals surface area contributed by atoms with Crippen LogP contribution in [-0.2, 0) is 20.1 Å². The van der Waals surface area contributed by atoms with E-state index in [4.69, 9.17) is 4.74 Å². The van der Waals surface area contributed by atoms with Gasteiger partial charge < -0.3 is 19.5 Å².